The molecule has 0 unspecified atom stereocenters. The Morgan fingerprint density at radius 3 is 2.38 bits per heavy atom. The molecule has 24 heavy (non-hydrogen) atoms. The van der Waals surface area contributed by atoms with E-state index >= 15 is 0 Å². The number of hydrogen-bond donors (Lipinski definition) is 1. The lowest BCUT2D eigenvalue weighted by molar-refractivity contribution is 0.177. The molecule has 0 saturated carbocycles. The average Bonchev–Trinajstić information content (AvgIpc) is 2.59. The van der Waals surface area contributed by atoms with Gasteiger partial charge in [-0.25, -0.2) is 0 Å². The number of anilines is 1. The van der Waals surface area contributed by atoms with Gasteiger partial charge in [0.1, 0.15) is 0 Å². The molecule has 0 amide bonds. The Morgan fingerprint density at radius 1 is 1.00 bits per heavy atom. The van der Waals surface area contributed by atoms with Gasteiger partial charge in [-0.3, -0.25) is 4.90 Å². The molecule has 3 nitrogen and oxygen atoms in total. The summed E-state index contributed by atoms with van der Waals surface area (Å²) in [6, 6.07) is 15.7. The summed E-state index contributed by atoms with van der Waals surface area (Å²) >= 11 is 17.7. The molecule has 0 spiro atoms. The zero-order chi connectivity index (χ0) is 16.9. The Kier molecular flexibility index (Phi) is 5.95. The van der Waals surface area contributed by atoms with Gasteiger partial charge in [0.15, 0.2) is 5.11 Å². The summed E-state index contributed by atoms with van der Waals surface area (Å²) in [5.74, 6) is 0. The number of piperazine rings is 1. The van der Waals surface area contributed by atoms with E-state index in [2.05, 4.69) is 15.1 Å². The van der Waals surface area contributed by atoms with Gasteiger partial charge >= 0.3 is 0 Å². The molecule has 1 aliphatic rings. The number of thiocarbonyl (C=S) groups is 1. The Balaban J connectivity index is 1.51. The van der Waals surface area contributed by atoms with Gasteiger partial charge in [0.05, 0.1) is 0 Å². The van der Waals surface area contributed by atoms with E-state index in [9.17, 15) is 0 Å². The van der Waals surface area contributed by atoms with E-state index in [0.717, 1.165) is 54.1 Å². The number of nitrogens with zero attached hydrogens (tertiary/aromatic N) is 2. The molecule has 1 fully saturated rings. The van der Waals surface area contributed by atoms with Crippen LogP contribution in [-0.2, 0) is 6.54 Å². The minimum atomic E-state index is 0.672. The Morgan fingerprint density at radius 2 is 1.71 bits per heavy atom. The van der Waals surface area contributed by atoms with Crippen LogP contribution >= 0.6 is 35.4 Å². The first-order valence-corrected chi connectivity index (χ1v) is 9.05. The average molecular weight is 380 g/mol. The zero-order valence-electron chi connectivity index (χ0n) is 13.2. The van der Waals surface area contributed by atoms with E-state index in [4.69, 9.17) is 35.4 Å². The molecular weight excluding hydrogens is 361 g/mol. The normalized spacial score (nSPS) is 15.3. The van der Waals surface area contributed by atoms with Crippen LogP contribution in [0.5, 0.6) is 0 Å². The van der Waals surface area contributed by atoms with Crippen molar-refractivity contribution < 1.29 is 0 Å². The Hall–Kier alpha value is -1.33. The second kappa shape index (κ2) is 8.17. The molecule has 1 saturated heterocycles. The molecule has 0 aromatic heterocycles. The smallest absolute Gasteiger partial charge is 0.173 e. The molecule has 0 bridgehead atoms. The summed E-state index contributed by atoms with van der Waals surface area (Å²) in [6.07, 6.45) is 0. The fourth-order valence-electron chi connectivity index (χ4n) is 2.72. The van der Waals surface area contributed by atoms with Crippen molar-refractivity contribution in [3.63, 3.8) is 0 Å². The minimum Gasteiger partial charge on any atom is -0.346 e. The van der Waals surface area contributed by atoms with Crippen LogP contribution in [0.2, 0.25) is 10.0 Å². The van der Waals surface area contributed by atoms with Gasteiger partial charge < -0.3 is 10.2 Å². The lowest BCUT2D eigenvalue weighted by atomic mass is 10.2. The number of rotatable bonds is 3. The van der Waals surface area contributed by atoms with Crippen LogP contribution in [0.4, 0.5) is 5.69 Å². The summed E-state index contributed by atoms with van der Waals surface area (Å²) in [5.41, 5.74) is 2.14. The van der Waals surface area contributed by atoms with Gasteiger partial charge in [-0.05, 0) is 42.0 Å². The third-order valence-electron chi connectivity index (χ3n) is 4.09. The van der Waals surface area contributed by atoms with E-state index in [1.165, 1.54) is 0 Å². The topological polar surface area (TPSA) is 18.5 Å². The van der Waals surface area contributed by atoms with Crippen LogP contribution in [0.25, 0.3) is 0 Å². The van der Waals surface area contributed by atoms with Crippen molar-refractivity contribution in [1.82, 2.24) is 9.80 Å². The van der Waals surface area contributed by atoms with E-state index in [1.54, 1.807) is 6.07 Å². The van der Waals surface area contributed by atoms with E-state index in [-0.39, 0.29) is 0 Å². The van der Waals surface area contributed by atoms with Crippen molar-refractivity contribution in [3.05, 3.63) is 64.1 Å². The number of benzene rings is 2. The maximum Gasteiger partial charge on any atom is 0.173 e. The maximum absolute atomic E-state index is 6.27. The summed E-state index contributed by atoms with van der Waals surface area (Å²) in [4.78, 5) is 4.60. The lowest BCUT2D eigenvalue weighted by Gasteiger charge is -2.36. The molecule has 6 heteroatoms. The first kappa shape index (κ1) is 17.5. The first-order valence-electron chi connectivity index (χ1n) is 7.89. The highest BCUT2D eigenvalue weighted by molar-refractivity contribution is 7.80. The zero-order valence-corrected chi connectivity index (χ0v) is 15.5. The van der Waals surface area contributed by atoms with Crippen molar-refractivity contribution >= 4 is 46.2 Å². The van der Waals surface area contributed by atoms with Gasteiger partial charge in [0.2, 0.25) is 0 Å². The molecule has 0 radical (unpaired) electrons. The molecule has 2 aromatic carbocycles. The molecule has 126 valence electrons. The van der Waals surface area contributed by atoms with Crippen LogP contribution in [0.3, 0.4) is 0 Å². The quantitative estimate of drug-likeness (QED) is 0.790. The van der Waals surface area contributed by atoms with Crippen molar-refractivity contribution in [1.29, 1.82) is 0 Å². The van der Waals surface area contributed by atoms with Crippen LogP contribution in [0.1, 0.15) is 5.56 Å². The number of para-hydroxylation sites is 1. The fourth-order valence-corrected chi connectivity index (χ4v) is 3.49. The third-order valence-corrected chi connectivity index (χ3v) is 5.04. The summed E-state index contributed by atoms with van der Waals surface area (Å²) in [5, 5.41) is 5.48. The fraction of sp³-hybridized carbons (Fsp3) is 0.278. The first-order chi connectivity index (χ1) is 11.6. The summed E-state index contributed by atoms with van der Waals surface area (Å²) in [6.45, 7) is 4.56. The predicted molar refractivity (Wildman–Crippen MR) is 106 cm³/mol. The molecule has 1 heterocycles. The SMILES string of the molecule is S=C(Nc1ccccc1)N1CCN(Cc2ccc(Cl)cc2Cl)CC1. The van der Waals surface area contributed by atoms with Crippen molar-refractivity contribution in [2.24, 2.45) is 0 Å². The van der Waals surface area contributed by atoms with Crippen LogP contribution in [0.15, 0.2) is 48.5 Å². The monoisotopic (exact) mass is 379 g/mol. The maximum atomic E-state index is 6.27. The summed E-state index contributed by atoms with van der Waals surface area (Å²) < 4.78 is 0. The molecule has 0 atom stereocenters. The summed E-state index contributed by atoms with van der Waals surface area (Å²) in [7, 11) is 0. The minimum absolute atomic E-state index is 0.672. The van der Waals surface area contributed by atoms with Crippen LogP contribution in [0, 0.1) is 0 Å². The van der Waals surface area contributed by atoms with Crippen molar-refractivity contribution in [2.45, 2.75) is 6.54 Å². The molecule has 2 aromatic rings. The molecule has 1 aliphatic heterocycles. The van der Waals surface area contributed by atoms with Crippen molar-refractivity contribution in [3.8, 4) is 0 Å². The van der Waals surface area contributed by atoms with Crippen LogP contribution < -0.4 is 5.32 Å². The lowest BCUT2D eigenvalue weighted by Crippen LogP contribution is -2.49. The van der Waals surface area contributed by atoms with Crippen LogP contribution in [-0.4, -0.2) is 41.1 Å². The number of halogens is 2. The molecular formula is C18H19Cl2N3S. The van der Waals surface area contributed by atoms with Gasteiger partial charge in [-0.2, -0.15) is 0 Å². The highest BCUT2D eigenvalue weighted by Crippen LogP contribution is 2.22. The largest absolute Gasteiger partial charge is 0.346 e. The third kappa shape index (κ3) is 4.61. The Bertz CT molecular complexity index is 701. The Labute approximate surface area is 158 Å². The van der Waals surface area contributed by atoms with Gasteiger partial charge in [0.25, 0.3) is 0 Å². The van der Waals surface area contributed by atoms with E-state index in [0.29, 0.717) is 5.02 Å². The predicted octanol–water partition coefficient (Wildman–Crippen LogP) is 4.51. The van der Waals surface area contributed by atoms with Gasteiger partial charge in [-0.15, -0.1) is 0 Å². The van der Waals surface area contributed by atoms with Gasteiger partial charge in [-0.1, -0.05) is 47.5 Å². The molecule has 3 rings (SSSR count). The number of nitrogens with one attached hydrogen (secondary N) is 1. The highest BCUT2D eigenvalue weighted by atomic mass is 35.5. The number of hydrogen-bond acceptors (Lipinski definition) is 2. The highest BCUT2D eigenvalue weighted by Gasteiger charge is 2.19. The van der Waals surface area contributed by atoms with E-state index in [1.807, 2.05) is 42.5 Å². The standard InChI is InChI=1S/C18H19Cl2N3S/c19-15-7-6-14(17(20)12-15)13-22-8-10-23(11-9-22)18(24)21-16-4-2-1-3-5-16/h1-7,12H,8-11,13H2,(H,21,24). The van der Waals surface area contributed by atoms with E-state index < -0.39 is 0 Å². The second-order valence-electron chi connectivity index (χ2n) is 5.80. The second-order valence-corrected chi connectivity index (χ2v) is 7.03. The molecule has 0 aliphatic carbocycles. The van der Waals surface area contributed by atoms with Gasteiger partial charge in [0, 0.05) is 48.5 Å². The van der Waals surface area contributed by atoms with Crippen molar-refractivity contribution in [2.75, 3.05) is 31.5 Å². The molecule has 1 N–H and O–H groups in total.